The molecule has 2 heterocycles. The van der Waals surface area contributed by atoms with Crippen molar-refractivity contribution in [1.82, 2.24) is 19.6 Å². The molecule has 0 saturated carbocycles. The summed E-state index contributed by atoms with van der Waals surface area (Å²) in [6.45, 7) is 3.52. The van der Waals surface area contributed by atoms with E-state index in [1.165, 1.54) is 22.9 Å². The van der Waals surface area contributed by atoms with E-state index in [0.29, 0.717) is 18.1 Å². The van der Waals surface area contributed by atoms with Crippen LogP contribution in [0.1, 0.15) is 36.3 Å². The predicted octanol–water partition coefficient (Wildman–Crippen LogP) is 3.71. The molecule has 0 spiro atoms. The van der Waals surface area contributed by atoms with Crippen LogP contribution in [0.15, 0.2) is 42.6 Å². The summed E-state index contributed by atoms with van der Waals surface area (Å²) in [5.74, 6) is -0.458. The third-order valence-electron chi connectivity index (χ3n) is 4.04. The van der Waals surface area contributed by atoms with Crippen molar-refractivity contribution in [3.05, 3.63) is 65.4 Å². The van der Waals surface area contributed by atoms with E-state index >= 15 is 0 Å². The topological polar surface area (TPSA) is 64.7 Å². The molecule has 0 bridgehead atoms. The molecule has 3 aromatic rings. The minimum absolute atomic E-state index is 0.308. The van der Waals surface area contributed by atoms with Crippen LogP contribution in [-0.2, 0) is 11.3 Å². The fourth-order valence-electron chi connectivity index (χ4n) is 2.69. The van der Waals surface area contributed by atoms with Gasteiger partial charge < -0.3 is 5.32 Å². The smallest absolute Gasteiger partial charge is 0.282 e. The van der Waals surface area contributed by atoms with Crippen molar-refractivity contribution in [2.45, 2.75) is 32.9 Å². The second-order valence-electron chi connectivity index (χ2n) is 6.15. The molecule has 142 valence electrons. The Labute approximate surface area is 153 Å². The maximum atomic E-state index is 13.2. The molecular formula is C18H18F3N5O. The zero-order valence-corrected chi connectivity index (χ0v) is 14.7. The van der Waals surface area contributed by atoms with Crippen LogP contribution in [-0.4, -0.2) is 25.5 Å². The molecular weight excluding hydrogens is 359 g/mol. The summed E-state index contributed by atoms with van der Waals surface area (Å²) in [7, 11) is 0. The summed E-state index contributed by atoms with van der Waals surface area (Å²) in [6.07, 6.45) is -1.04. The number of anilines is 1. The van der Waals surface area contributed by atoms with Crippen LogP contribution < -0.4 is 5.32 Å². The first-order valence-electron chi connectivity index (χ1n) is 8.26. The van der Waals surface area contributed by atoms with Gasteiger partial charge in [0.15, 0.2) is 5.82 Å². The van der Waals surface area contributed by atoms with Crippen molar-refractivity contribution in [2.75, 3.05) is 5.32 Å². The highest BCUT2D eigenvalue weighted by Crippen LogP contribution is 2.21. The lowest BCUT2D eigenvalue weighted by Crippen LogP contribution is -2.25. The molecule has 1 amide bonds. The summed E-state index contributed by atoms with van der Waals surface area (Å²) in [4.78, 5) is 12.4. The number of halogens is 3. The first kappa shape index (κ1) is 18.7. The molecule has 0 aliphatic rings. The summed E-state index contributed by atoms with van der Waals surface area (Å²) in [5.41, 5.74) is 0.826. The Bertz CT molecular complexity index is 950. The van der Waals surface area contributed by atoms with Gasteiger partial charge in [0.05, 0.1) is 6.54 Å². The van der Waals surface area contributed by atoms with Crippen LogP contribution in [0.3, 0.4) is 0 Å². The number of nitrogens with zero attached hydrogens (tertiary/aromatic N) is 4. The molecule has 1 aromatic carbocycles. The lowest BCUT2D eigenvalue weighted by Gasteiger charge is -2.13. The molecule has 9 heteroatoms. The molecule has 0 saturated heterocycles. The lowest BCUT2D eigenvalue weighted by atomic mass is 10.2. The van der Waals surface area contributed by atoms with Gasteiger partial charge in [0.1, 0.15) is 17.6 Å². The molecule has 1 N–H and O–H groups in total. The van der Waals surface area contributed by atoms with Crippen molar-refractivity contribution in [2.24, 2.45) is 0 Å². The number of benzene rings is 1. The summed E-state index contributed by atoms with van der Waals surface area (Å²) in [5, 5.41) is 10.6. The Hall–Kier alpha value is -3.10. The van der Waals surface area contributed by atoms with Crippen molar-refractivity contribution >= 4 is 11.7 Å². The number of hydrogen-bond acceptors (Lipinski definition) is 3. The van der Waals surface area contributed by atoms with Gasteiger partial charge in [-0.25, -0.2) is 13.2 Å². The lowest BCUT2D eigenvalue weighted by molar-refractivity contribution is -0.119. The van der Waals surface area contributed by atoms with E-state index in [4.69, 9.17) is 0 Å². The third kappa shape index (κ3) is 4.36. The van der Waals surface area contributed by atoms with E-state index in [9.17, 15) is 18.0 Å². The summed E-state index contributed by atoms with van der Waals surface area (Å²) >= 11 is 0. The minimum atomic E-state index is -2.70. The maximum absolute atomic E-state index is 13.2. The number of carbonyl (C=O) groups excluding carboxylic acids is 1. The van der Waals surface area contributed by atoms with Gasteiger partial charge in [0.25, 0.3) is 6.43 Å². The number of nitrogens with one attached hydrogen (secondary N) is 1. The molecule has 1 unspecified atom stereocenters. The van der Waals surface area contributed by atoms with Gasteiger partial charge in [0.2, 0.25) is 5.91 Å². The van der Waals surface area contributed by atoms with Gasteiger partial charge in [0, 0.05) is 18.0 Å². The number of carbonyl (C=O) groups is 1. The van der Waals surface area contributed by atoms with E-state index in [0.717, 1.165) is 5.56 Å². The van der Waals surface area contributed by atoms with Crippen LogP contribution in [0.4, 0.5) is 19.0 Å². The quantitative estimate of drug-likeness (QED) is 0.712. The Morgan fingerprint density at radius 3 is 2.67 bits per heavy atom. The van der Waals surface area contributed by atoms with E-state index in [2.05, 4.69) is 15.5 Å². The second kappa shape index (κ2) is 7.65. The Balaban J connectivity index is 1.67. The number of hydrogen-bond donors (Lipinski definition) is 1. The number of amides is 1. The zero-order chi connectivity index (χ0) is 19.6. The molecule has 0 fully saturated rings. The normalized spacial score (nSPS) is 12.4. The average molecular weight is 377 g/mol. The van der Waals surface area contributed by atoms with Gasteiger partial charge in [-0.2, -0.15) is 10.2 Å². The van der Waals surface area contributed by atoms with E-state index in [1.54, 1.807) is 42.9 Å². The molecule has 0 radical (unpaired) electrons. The monoisotopic (exact) mass is 377 g/mol. The fourth-order valence-corrected chi connectivity index (χ4v) is 2.69. The van der Waals surface area contributed by atoms with Gasteiger partial charge in [-0.15, -0.1) is 0 Å². The van der Waals surface area contributed by atoms with Gasteiger partial charge in [-0.3, -0.25) is 14.2 Å². The highest BCUT2D eigenvalue weighted by atomic mass is 19.3. The SMILES string of the molecule is Cc1cc(C(F)F)nn1C(C)C(=O)Nc1ccn(Cc2cccc(F)c2)n1. The summed E-state index contributed by atoms with van der Waals surface area (Å²) in [6, 6.07) is 8.21. The third-order valence-corrected chi connectivity index (χ3v) is 4.04. The molecule has 1 atom stereocenters. The van der Waals surface area contributed by atoms with E-state index in [-0.39, 0.29) is 11.5 Å². The van der Waals surface area contributed by atoms with Crippen LogP contribution in [0, 0.1) is 12.7 Å². The Morgan fingerprint density at radius 1 is 1.22 bits per heavy atom. The highest BCUT2D eigenvalue weighted by Gasteiger charge is 2.21. The zero-order valence-electron chi connectivity index (χ0n) is 14.7. The second-order valence-corrected chi connectivity index (χ2v) is 6.15. The maximum Gasteiger partial charge on any atom is 0.282 e. The van der Waals surface area contributed by atoms with Gasteiger partial charge in [-0.05, 0) is 37.6 Å². The molecule has 0 aliphatic heterocycles. The van der Waals surface area contributed by atoms with E-state index < -0.39 is 18.4 Å². The first-order chi connectivity index (χ1) is 12.8. The number of alkyl halides is 2. The van der Waals surface area contributed by atoms with Gasteiger partial charge >= 0.3 is 0 Å². The molecule has 0 aliphatic carbocycles. The molecule has 6 nitrogen and oxygen atoms in total. The van der Waals surface area contributed by atoms with Crippen molar-refractivity contribution in [1.29, 1.82) is 0 Å². The van der Waals surface area contributed by atoms with Crippen molar-refractivity contribution < 1.29 is 18.0 Å². The first-order valence-corrected chi connectivity index (χ1v) is 8.26. The predicted molar refractivity (Wildman–Crippen MR) is 93.0 cm³/mol. The van der Waals surface area contributed by atoms with Gasteiger partial charge in [-0.1, -0.05) is 12.1 Å². The van der Waals surface area contributed by atoms with Crippen molar-refractivity contribution in [3.63, 3.8) is 0 Å². The largest absolute Gasteiger partial charge is 0.307 e. The number of aryl methyl sites for hydroxylation is 1. The van der Waals surface area contributed by atoms with Crippen LogP contribution >= 0.6 is 0 Å². The average Bonchev–Trinajstić information content (AvgIpc) is 3.20. The Morgan fingerprint density at radius 2 is 2.00 bits per heavy atom. The number of aromatic nitrogens is 4. The van der Waals surface area contributed by atoms with Crippen LogP contribution in [0.5, 0.6) is 0 Å². The van der Waals surface area contributed by atoms with Crippen molar-refractivity contribution in [3.8, 4) is 0 Å². The van der Waals surface area contributed by atoms with Crippen LogP contribution in [0.25, 0.3) is 0 Å². The molecule has 2 aromatic heterocycles. The van der Waals surface area contributed by atoms with Crippen LogP contribution in [0.2, 0.25) is 0 Å². The number of rotatable bonds is 6. The molecule has 27 heavy (non-hydrogen) atoms. The summed E-state index contributed by atoms with van der Waals surface area (Å²) < 4.78 is 41.6. The highest BCUT2D eigenvalue weighted by molar-refractivity contribution is 5.92. The standard InChI is InChI=1S/C18H18F3N5O/c1-11-8-15(17(20)21)23-26(11)12(2)18(27)22-16-6-7-25(24-16)10-13-4-3-5-14(19)9-13/h3-9,12,17H,10H2,1-2H3,(H,22,24,27). The molecule has 3 rings (SSSR count). The Kier molecular flexibility index (Phi) is 5.29. The minimum Gasteiger partial charge on any atom is -0.307 e. The fraction of sp³-hybridized carbons (Fsp3) is 0.278. The van der Waals surface area contributed by atoms with E-state index in [1.807, 2.05) is 0 Å².